The van der Waals surface area contributed by atoms with Crippen LogP contribution in [0.25, 0.3) is 11.3 Å². The number of phenols is 1. The minimum absolute atomic E-state index is 0.0129. The molecule has 0 aliphatic heterocycles. The number of phenolic OH excluding ortho intramolecular Hbond substituents is 1. The number of ether oxygens (including phenoxy) is 1. The van der Waals surface area contributed by atoms with Crippen LogP contribution in [0.3, 0.4) is 0 Å². The van der Waals surface area contributed by atoms with Gasteiger partial charge in [-0.1, -0.05) is 11.6 Å². The Kier molecular flexibility index (Phi) is 5.14. The average molecular weight is 372 g/mol. The second kappa shape index (κ2) is 7.66. The fourth-order valence-electron chi connectivity index (χ4n) is 2.10. The van der Waals surface area contributed by atoms with Gasteiger partial charge >= 0.3 is 0 Å². The summed E-state index contributed by atoms with van der Waals surface area (Å²) in [5, 5.41) is 21.4. The zero-order valence-corrected chi connectivity index (χ0v) is 14.4. The number of anilines is 1. The second-order valence-electron chi connectivity index (χ2n) is 5.16. The SMILES string of the molecule is COc1ccc(-c2nnc(N/N=C/c3ccc(O)c(Cl)c3)[nH]c2=O)cc1. The number of benzene rings is 2. The van der Waals surface area contributed by atoms with Gasteiger partial charge in [-0.25, -0.2) is 5.43 Å². The molecule has 0 aliphatic carbocycles. The molecule has 0 spiro atoms. The topological polar surface area (TPSA) is 112 Å². The van der Waals surface area contributed by atoms with E-state index < -0.39 is 5.56 Å². The van der Waals surface area contributed by atoms with Crippen molar-refractivity contribution < 1.29 is 9.84 Å². The summed E-state index contributed by atoms with van der Waals surface area (Å²) < 4.78 is 5.08. The molecule has 1 heterocycles. The molecule has 0 radical (unpaired) electrons. The van der Waals surface area contributed by atoms with E-state index in [1.54, 1.807) is 43.5 Å². The summed E-state index contributed by atoms with van der Waals surface area (Å²) in [6, 6.07) is 11.5. The molecule has 8 nitrogen and oxygen atoms in total. The van der Waals surface area contributed by atoms with E-state index in [2.05, 4.69) is 25.7 Å². The largest absolute Gasteiger partial charge is 0.506 e. The van der Waals surface area contributed by atoms with Crippen LogP contribution < -0.4 is 15.7 Å². The van der Waals surface area contributed by atoms with Crippen molar-refractivity contribution in [2.24, 2.45) is 5.10 Å². The first-order valence-corrected chi connectivity index (χ1v) is 7.83. The molecule has 3 N–H and O–H groups in total. The van der Waals surface area contributed by atoms with Crippen LogP contribution in [-0.4, -0.2) is 33.6 Å². The van der Waals surface area contributed by atoms with Gasteiger partial charge in [-0.3, -0.25) is 9.78 Å². The maximum atomic E-state index is 12.2. The number of aromatic hydroxyl groups is 1. The highest BCUT2D eigenvalue weighted by atomic mass is 35.5. The summed E-state index contributed by atoms with van der Waals surface area (Å²) in [6.45, 7) is 0. The lowest BCUT2D eigenvalue weighted by Gasteiger charge is -2.03. The number of hydrogen-bond donors (Lipinski definition) is 3. The maximum Gasteiger partial charge on any atom is 0.279 e. The fourth-order valence-corrected chi connectivity index (χ4v) is 2.29. The van der Waals surface area contributed by atoms with Gasteiger partial charge in [0.1, 0.15) is 11.5 Å². The Bertz CT molecular complexity index is 1000. The number of aromatic amines is 1. The lowest BCUT2D eigenvalue weighted by molar-refractivity contribution is 0.415. The molecule has 0 unspecified atom stereocenters. The van der Waals surface area contributed by atoms with E-state index in [0.717, 1.165) is 0 Å². The molecular weight excluding hydrogens is 358 g/mol. The minimum atomic E-state index is -0.407. The zero-order valence-electron chi connectivity index (χ0n) is 13.6. The van der Waals surface area contributed by atoms with Crippen molar-refractivity contribution in [3.8, 4) is 22.8 Å². The van der Waals surface area contributed by atoms with Crippen molar-refractivity contribution in [3.05, 3.63) is 63.4 Å². The summed E-state index contributed by atoms with van der Waals surface area (Å²) in [4.78, 5) is 14.7. The van der Waals surface area contributed by atoms with Crippen molar-refractivity contribution in [2.75, 3.05) is 12.5 Å². The summed E-state index contributed by atoms with van der Waals surface area (Å²) in [6.07, 6.45) is 1.46. The third-order valence-electron chi connectivity index (χ3n) is 3.42. The van der Waals surface area contributed by atoms with Gasteiger partial charge in [0.25, 0.3) is 5.56 Å². The molecule has 0 fully saturated rings. The Morgan fingerprint density at radius 1 is 1.23 bits per heavy atom. The maximum absolute atomic E-state index is 12.2. The van der Waals surface area contributed by atoms with Gasteiger partial charge in [0, 0.05) is 5.56 Å². The molecule has 9 heteroatoms. The van der Waals surface area contributed by atoms with Crippen LogP contribution >= 0.6 is 11.6 Å². The predicted molar refractivity (Wildman–Crippen MR) is 99.0 cm³/mol. The van der Waals surface area contributed by atoms with Crippen LogP contribution in [0.1, 0.15) is 5.56 Å². The van der Waals surface area contributed by atoms with Crippen molar-refractivity contribution in [2.45, 2.75) is 0 Å². The Morgan fingerprint density at radius 2 is 2.00 bits per heavy atom. The number of rotatable bonds is 5. The third-order valence-corrected chi connectivity index (χ3v) is 3.72. The first-order valence-electron chi connectivity index (χ1n) is 7.46. The van der Waals surface area contributed by atoms with Crippen molar-refractivity contribution in [1.29, 1.82) is 0 Å². The van der Waals surface area contributed by atoms with Gasteiger partial charge in [0.05, 0.1) is 18.3 Å². The Morgan fingerprint density at radius 3 is 2.65 bits per heavy atom. The molecule has 1 aromatic heterocycles. The van der Waals surface area contributed by atoms with Gasteiger partial charge in [-0.05, 0) is 48.0 Å². The van der Waals surface area contributed by atoms with Crippen LogP contribution in [-0.2, 0) is 0 Å². The average Bonchev–Trinajstić information content (AvgIpc) is 2.65. The molecular formula is C17H14ClN5O3. The number of aromatic nitrogens is 3. The highest BCUT2D eigenvalue weighted by Crippen LogP contribution is 2.22. The van der Waals surface area contributed by atoms with E-state index in [1.807, 2.05) is 0 Å². The molecule has 0 aliphatic rings. The molecule has 0 bridgehead atoms. The number of halogens is 1. The van der Waals surface area contributed by atoms with Crippen LogP contribution in [0.4, 0.5) is 5.95 Å². The molecule has 3 rings (SSSR count). The molecule has 0 saturated heterocycles. The lowest BCUT2D eigenvalue weighted by Crippen LogP contribution is -2.15. The number of nitrogens with zero attached hydrogens (tertiary/aromatic N) is 3. The minimum Gasteiger partial charge on any atom is -0.506 e. The summed E-state index contributed by atoms with van der Waals surface area (Å²) in [5.41, 5.74) is 3.64. The molecule has 0 amide bonds. The number of methoxy groups -OCH3 is 1. The first kappa shape index (κ1) is 17.4. The number of hydrogen-bond acceptors (Lipinski definition) is 7. The number of H-pyrrole nitrogens is 1. The molecule has 3 aromatic rings. The van der Waals surface area contributed by atoms with Gasteiger partial charge in [-0.2, -0.15) is 5.10 Å². The Balaban J connectivity index is 1.73. The quantitative estimate of drug-likeness (QED) is 0.469. The number of hydrazone groups is 1. The molecule has 132 valence electrons. The zero-order chi connectivity index (χ0) is 18.5. The van der Waals surface area contributed by atoms with Crippen LogP contribution in [0.15, 0.2) is 52.4 Å². The van der Waals surface area contributed by atoms with E-state index in [1.165, 1.54) is 12.3 Å². The van der Waals surface area contributed by atoms with Crippen molar-refractivity contribution in [1.82, 2.24) is 15.2 Å². The first-order chi connectivity index (χ1) is 12.6. The Labute approximate surface area is 153 Å². The van der Waals surface area contributed by atoms with Crippen molar-refractivity contribution in [3.63, 3.8) is 0 Å². The highest BCUT2D eigenvalue weighted by molar-refractivity contribution is 6.32. The standard InChI is InChI=1S/C17H14ClN5O3/c1-26-12-5-3-11(4-6-12)15-16(25)20-17(23-21-15)22-19-9-10-2-7-14(24)13(18)8-10/h2-9,24H,1H3,(H2,20,22,23,25)/b19-9+. The van der Waals surface area contributed by atoms with E-state index in [9.17, 15) is 9.90 Å². The summed E-state index contributed by atoms with van der Waals surface area (Å²) in [7, 11) is 1.56. The van der Waals surface area contributed by atoms with E-state index in [-0.39, 0.29) is 22.4 Å². The van der Waals surface area contributed by atoms with Gasteiger partial charge < -0.3 is 9.84 Å². The molecule has 0 saturated carbocycles. The summed E-state index contributed by atoms with van der Waals surface area (Å²) >= 11 is 5.82. The predicted octanol–water partition coefficient (Wildman–Crippen LogP) is 2.65. The van der Waals surface area contributed by atoms with Gasteiger partial charge in [0.2, 0.25) is 5.95 Å². The molecule has 0 atom stereocenters. The van der Waals surface area contributed by atoms with E-state index in [0.29, 0.717) is 16.9 Å². The number of nitrogens with one attached hydrogen (secondary N) is 2. The van der Waals surface area contributed by atoms with Crippen molar-refractivity contribution >= 4 is 23.8 Å². The van der Waals surface area contributed by atoms with Crippen LogP contribution in [0.2, 0.25) is 5.02 Å². The normalized spacial score (nSPS) is 10.8. The third kappa shape index (κ3) is 3.98. The fraction of sp³-hybridized carbons (Fsp3) is 0.0588. The van der Waals surface area contributed by atoms with E-state index in [4.69, 9.17) is 16.3 Å². The van der Waals surface area contributed by atoms with Crippen LogP contribution in [0.5, 0.6) is 11.5 Å². The monoisotopic (exact) mass is 371 g/mol. The Hall–Kier alpha value is -3.39. The smallest absolute Gasteiger partial charge is 0.279 e. The summed E-state index contributed by atoms with van der Waals surface area (Å²) in [5.74, 6) is 0.759. The second-order valence-corrected chi connectivity index (χ2v) is 5.57. The van der Waals surface area contributed by atoms with Crippen LogP contribution in [0, 0.1) is 0 Å². The lowest BCUT2D eigenvalue weighted by atomic mass is 10.1. The van der Waals surface area contributed by atoms with E-state index >= 15 is 0 Å². The molecule has 26 heavy (non-hydrogen) atoms. The highest BCUT2D eigenvalue weighted by Gasteiger charge is 2.07. The van der Waals surface area contributed by atoms with Gasteiger partial charge in [-0.15, -0.1) is 10.2 Å². The van der Waals surface area contributed by atoms with Gasteiger partial charge in [0.15, 0.2) is 5.69 Å². The molecule has 2 aromatic carbocycles.